The van der Waals surface area contributed by atoms with Gasteiger partial charge in [-0.1, -0.05) is 31.4 Å². The van der Waals surface area contributed by atoms with Crippen molar-refractivity contribution in [1.29, 1.82) is 0 Å². The lowest BCUT2D eigenvalue weighted by Crippen LogP contribution is -2.52. The predicted octanol–water partition coefficient (Wildman–Crippen LogP) is 5.87. The van der Waals surface area contributed by atoms with E-state index in [0.717, 1.165) is 50.4 Å². The Morgan fingerprint density at radius 1 is 0.946 bits per heavy atom. The van der Waals surface area contributed by atoms with Crippen LogP contribution in [-0.2, 0) is 6.18 Å². The lowest BCUT2D eigenvalue weighted by atomic mass is 9.94. The summed E-state index contributed by atoms with van der Waals surface area (Å²) in [6, 6.07) is 12.9. The maximum absolute atomic E-state index is 13.2. The molecule has 2 fully saturated rings. The quantitative estimate of drug-likeness (QED) is 0.439. The van der Waals surface area contributed by atoms with Gasteiger partial charge in [-0.2, -0.15) is 13.2 Å². The molecule has 1 saturated carbocycles. The number of hydrogen-bond acceptors (Lipinski definition) is 4. The van der Waals surface area contributed by atoms with Gasteiger partial charge in [-0.05, 0) is 68.9 Å². The van der Waals surface area contributed by atoms with Crippen LogP contribution in [0.15, 0.2) is 48.5 Å². The Morgan fingerprint density at radius 3 is 2.14 bits per heavy atom. The number of halogens is 3. The maximum Gasteiger partial charge on any atom is 0.416 e. The Kier molecular flexibility index (Phi) is 9.13. The van der Waals surface area contributed by atoms with Crippen molar-refractivity contribution in [3.8, 4) is 5.75 Å². The van der Waals surface area contributed by atoms with Gasteiger partial charge in [0.15, 0.2) is 0 Å². The Balaban J connectivity index is 1.39. The van der Waals surface area contributed by atoms with Crippen LogP contribution >= 0.6 is 0 Å². The van der Waals surface area contributed by atoms with Gasteiger partial charge in [-0.3, -0.25) is 9.69 Å². The van der Waals surface area contributed by atoms with E-state index in [9.17, 15) is 18.0 Å². The number of nitrogens with zero attached hydrogens (tertiary/aromatic N) is 3. The van der Waals surface area contributed by atoms with E-state index in [4.69, 9.17) is 4.74 Å². The summed E-state index contributed by atoms with van der Waals surface area (Å²) in [5.74, 6) is 0.427. The van der Waals surface area contributed by atoms with E-state index >= 15 is 0 Å². The number of amides is 1. The Labute approximate surface area is 218 Å². The molecule has 5 nitrogen and oxygen atoms in total. The van der Waals surface area contributed by atoms with E-state index in [-0.39, 0.29) is 12.0 Å². The molecule has 1 unspecified atom stereocenters. The van der Waals surface area contributed by atoms with E-state index in [2.05, 4.69) is 4.90 Å². The normalized spacial score (nSPS) is 18.7. The van der Waals surface area contributed by atoms with Crippen molar-refractivity contribution in [2.45, 2.75) is 56.8 Å². The van der Waals surface area contributed by atoms with Gasteiger partial charge in [0.1, 0.15) is 11.9 Å². The standard InChI is InChI=1S/C29H38F3N3O2/c1-33(2)17-16-27(37-26-14-12-24(13-15-26)29(30,31)32)22-8-10-23(11-9-22)28(36)35-20-18-34(19-21-35)25-6-4-3-5-7-25/h8-15,25,27H,3-7,16-21H2,1-2H3. The van der Waals surface area contributed by atoms with Gasteiger partial charge < -0.3 is 14.5 Å². The summed E-state index contributed by atoms with van der Waals surface area (Å²) in [6.07, 6.45) is 2.46. The Hall–Kier alpha value is -2.58. The lowest BCUT2D eigenvalue weighted by molar-refractivity contribution is -0.137. The van der Waals surface area contributed by atoms with Crippen molar-refractivity contribution >= 4 is 5.91 Å². The predicted molar refractivity (Wildman–Crippen MR) is 139 cm³/mol. The van der Waals surface area contributed by atoms with Crippen molar-refractivity contribution in [1.82, 2.24) is 14.7 Å². The average molecular weight is 518 g/mol. The van der Waals surface area contributed by atoms with Crippen LogP contribution in [-0.4, -0.2) is 73.5 Å². The number of carbonyl (C=O) groups is 1. The molecule has 2 aromatic rings. The smallest absolute Gasteiger partial charge is 0.416 e. The fourth-order valence-electron chi connectivity index (χ4n) is 5.32. The first-order valence-electron chi connectivity index (χ1n) is 13.3. The Morgan fingerprint density at radius 2 is 1.57 bits per heavy atom. The highest BCUT2D eigenvalue weighted by Gasteiger charge is 2.30. The van der Waals surface area contributed by atoms with Crippen LogP contribution in [0.1, 0.15) is 66.1 Å². The van der Waals surface area contributed by atoms with Crippen LogP contribution in [0.5, 0.6) is 5.75 Å². The van der Waals surface area contributed by atoms with Crippen molar-refractivity contribution in [3.05, 3.63) is 65.2 Å². The highest BCUT2D eigenvalue weighted by Crippen LogP contribution is 2.32. The average Bonchev–Trinajstić information content (AvgIpc) is 2.91. The molecule has 1 heterocycles. The molecule has 0 spiro atoms. The first-order chi connectivity index (χ1) is 17.7. The third kappa shape index (κ3) is 7.48. The highest BCUT2D eigenvalue weighted by atomic mass is 19.4. The minimum atomic E-state index is -4.38. The van der Waals surface area contributed by atoms with Crippen LogP contribution in [0.3, 0.4) is 0 Å². The molecule has 0 N–H and O–H groups in total. The minimum Gasteiger partial charge on any atom is -0.486 e. The fraction of sp³-hybridized carbons (Fsp3) is 0.552. The molecule has 202 valence electrons. The molecule has 0 radical (unpaired) electrons. The molecule has 1 aliphatic heterocycles. The number of ether oxygens (including phenoxy) is 1. The summed E-state index contributed by atoms with van der Waals surface area (Å²) in [5.41, 5.74) is 0.836. The third-order valence-electron chi connectivity index (χ3n) is 7.52. The third-order valence-corrected chi connectivity index (χ3v) is 7.52. The summed E-state index contributed by atoms with van der Waals surface area (Å²) in [7, 11) is 3.93. The van der Waals surface area contributed by atoms with Crippen LogP contribution in [0.4, 0.5) is 13.2 Å². The molecule has 8 heteroatoms. The Bertz CT molecular complexity index is 995. The van der Waals surface area contributed by atoms with Crippen LogP contribution in [0.2, 0.25) is 0 Å². The van der Waals surface area contributed by atoms with Gasteiger partial charge in [0, 0.05) is 50.7 Å². The summed E-state index contributed by atoms with van der Waals surface area (Å²) in [5, 5.41) is 0. The molecule has 37 heavy (non-hydrogen) atoms. The molecule has 1 saturated heterocycles. The molecule has 2 aromatic carbocycles. The summed E-state index contributed by atoms with van der Waals surface area (Å²) < 4.78 is 44.9. The summed E-state index contributed by atoms with van der Waals surface area (Å²) in [6.45, 7) is 4.11. The zero-order valence-corrected chi connectivity index (χ0v) is 21.8. The zero-order chi connectivity index (χ0) is 26.4. The molecule has 1 amide bonds. The number of hydrogen-bond donors (Lipinski definition) is 0. The van der Waals surface area contributed by atoms with Crippen LogP contribution in [0, 0.1) is 0 Å². The van der Waals surface area contributed by atoms with E-state index in [1.807, 2.05) is 48.2 Å². The molecule has 0 bridgehead atoms. The second-order valence-electron chi connectivity index (χ2n) is 10.5. The lowest BCUT2D eigenvalue weighted by Gasteiger charge is -2.40. The van der Waals surface area contributed by atoms with Crippen LogP contribution in [0.25, 0.3) is 0 Å². The second kappa shape index (κ2) is 12.3. The van der Waals surface area contributed by atoms with Gasteiger partial charge in [-0.15, -0.1) is 0 Å². The second-order valence-corrected chi connectivity index (χ2v) is 10.5. The first-order valence-corrected chi connectivity index (χ1v) is 13.3. The van der Waals surface area contributed by atoms with Crippen molar-refractivity contribution in [2.24, 2.45) is 0 Å². The van der Waals surface area contributed by atoms with Crippen LogP contribution < -0.4 is 4.74 Å². The minimum absolute atomic E-state index is 0.0448. The zero-order valence-electron chi connectivity index (χ0n) is 21.8. The fourth-order valence-corrected chi connectivity index (χ4v) is 5.32. The molecular formula is C29H38F3N3O2. The first kappa shape index (κ1) is 27.5. The van der Waals surface area contributed by atoms with Gasteiger partial charge in [0.25, 0.3) is 5.91 Å². The molecule has 1 atom stereocenters. The monoisotopic (exact) mass is 517 g/mol. The summed E-state index contributed by atoms with van der Waals surface area (Å²) >= 11 is 0. The van der Waals surface area contributed by atoms with Crippen molar-refractivity contribution < 1.29 is 22.7 Å². The molecular weight excluding hydrogens is 479 g/mol. The molecule has 1 aliphatic carbocycles. The largest absolute Gasteiger partial charge is 0.486 e. The number of carbonyl (C=O) groups excluding carboxylic acids is 1. The van der Waals surface area contributed by atoms with Gasteiger partial charge in [0.2, 0.25) is 0 Å². The topological polar surface area (TPSA) is 36.0 Å². The molecule has 4 rings (SSSR count). The molecule has 2 aliphatic rings. The number of rotatable bonds is 8. The molecule has 0 aromatic heterocycles. The van der Waals surface area contributed by atoms with Gasteiger partial charge in [0.05, 0.1) is 5.56 Å². The van der Waals surface area contributed by atoms with E-state index < -0.39 is 11.7 Å². The van der Waals surface area contributed by atoms with Gasteiger partial charge >= 0.3 is 6.18 Å². The van der Waals surface area contributed by atoms with E-state index in [1.165, 1.54) is 44.2 Å². The van der Waals surface area contributed by atoms with Crippen molar-refractivity contribution in [2.75, 3.05) is 46.8 Å². The van der Waals surface area contributed by atoms with Gasteiger partial charge in [-0.25, -0.2) is 0 Å². The SMILES string of the molecule is CN(C)CCC(Oc1ccc(C(F)(F)F)cc1)c1ccc(C(=O)N2CCN(C3CCCCC3)CC2)cc1. The maximum atomic E-state index is 13.2. The van der Waals surface area contributed by atoms with E-state index in [1.54, 1.807) is 0 Å². The van der Waals surface area contributed by atoms with E-state index in [0.29, 0.717) is 23.8 Å². The highest BCUT2D eigenvalue weighted by molar-refractivity contribution is 5.94. The van der Waals surface area contributed by atoms with Crippen molar-refractivity contribution in [3.63, 3.8) is 0 Å². The number of piperazine rings is 1. The number of benzene rings is 2. The number of alkyl halides is 3. The summed E-state index contributed by atoms with van der Waals surface area (Å²) in [4.78, 5) is 19.7.